The quantitative estimate of drug-likeness (QED) is 0.752. The van der Waals surface area contributed by atoms with Gasteiger partial charge < -0.3 is 4.74 Å². The summed E-state index contributed by atoms with van der Waals surface area (Å²) in [6, 6.07) is 0. The van der Waals surface area contributed by atoms with Crippen molar-refractivity contribution in [1.82, 2.24) is 5.32 Å². The molecule has 0 aromatic heterocycles. The second-order valence-electron chi connectivity index (χ2n) is 5.02. The zero-order chi connectivity index (χ0) is 13.8. The van der Waals surface area contributed by atoms with E-state index in [2.05, 4.69) is 5.32 Å². The fourth-order valence-electron chi connectivity index (χ4n) is 2.09. The lowest BCUT2D eigenvalue weighted by molar-refractivity contribution is -0.156. The van der Waals surface area contributed by atoms with Crippen LogP contribution in [0.15, 0.2) is 0 Å². The first-order valence-corrected chi connectivity index (χ1v) is 6.26. The minimum absolute atomic E-state index is 0.173. The molecule has 0 heterocycles. The molecule has 1 unspecified atom stereocenters. The Morgan fingerprint density at radius 3 is 2.39 bits per heavy atom. The van der Waals surface area contributed by atoms with Gasteiger partial charge in [0.25, 0.3) is 0 Å². The highest BCUT2D eigenvalue weighted by Gasteiger charge is 2.41. The molecule has 0 bridgehead atoms. The standard InChI is InChI=1S/C12H20F3NO2/c1-3-18-10(17)11(2,7-9-5-4-6-9)16-8-12(13,14)15/h9,16H,3-8H2,1-2H3. The molecule has 1 N–H and O–H groups in total. The van der Waals surface area contributed by atoms with Crippen LogP contribution in [-0.4, -0.2) is 30.8 Å². The largest absolute Gasteiger partial charge is 0.465 e. The van der Waals surface area contributed by atoms with Crippen LogP contribution < -0.4 is 5.32 Å². The monoisotopic (exact) mass is 267 g/mol. The van der Waals surface area contributed by atoms with E-state index in [1.54, 1.807) is 6.92 Å². The molecule has 106 valence electrons. The minimum Gasteiger partial charge on any atom is -0.465 e. The topological polar surface area (TPSA) is 38.3 Å². The Morgan fingerprint density at radius 2 is 2.00 bits per heavy atom. The van der Waals surface area contributed by atoms with E-state index in [1.165, 1.54) is 6.92 Å². The fraction of sp³-hybridized carbons (Fsp3) is 0.917. The van der Waals surface area contributed by atoms with Crippen LogP contribution in [0, 0.1) is 5.92 Å². The molecule has 0 spiro atoms. The molecule has 1 rings (SSSR count). The Kier molecular flexibility index (Phi) is 5.01. The summed E-state index contributed by atoms with van der Waals surface area (Å²) in [5.74, 6) is -0.277. The smallest absolute Gasteiger partial charge is 0.401 e. The average Bonchev–Trinajstić information content (AvgIpc) is 2.20. The number of hydrogen-bond acceptors (Lipinski definition) is 3. The summed E-state index contributed by atoms with van der Waals surface area (Å²) in [4.78, 5) is 11.8. The van der Waals surface area contributed by atoms with E-state index < -0.39 is 24.2 Å². The summed E-state index contributed by atoms with van der Waals surface area (Å²) in [6.07, 6.45) is -0.885. The second-order valence-corrected chi connectivity index (χ2v) is 5.02. The predicted octanol–water partition coefficient (Wildman–Crippen LogP) is 2.65. The highest BCUT2D eigenvalue weighted by molar-refractivity contribution is 5.80. The van der Waals surface area contributed by atoms with Crippen LogP contribution in [0.5, 0.6) is 0 Å². The zero-order valence-electron chi connectivity index (χ0n) is 10.8. The van der Waals surface area contributed by atoms with E-state index in [1.807, 2.05) is 0 Å². The predicted molar refractivity (Wildman–Crippen MR) is 61.1 cm³/mol. The molecule has 1 fully saturated rings. The van der Waals surface area contributed by atoms with Crippen molar-refractivity contribution < 1.29 is 22.7 Å². The second kappa shape index (κ2) is 5.91. The van der Waals surface area contributed by atoms with Gasteiger partial charge in [0.1, 0.15) is 5.54 Å². The van der Waals surface area contributed by atoms with E-state index in [-0.39, 0.29) is 6.61 Å². The summed E-state index contributed by atoms with van der Waals surface area (Å²) >= 11 is 0. The zero-order valence-corrected chi connectivity index (χ0v) is 10.8. The Balaban J connectivity index is 2.62. The van der Waals surface area contributed by atoms with Crippen LogP contribution in [0.25, 0.3) is 0 Å². The van der Waals surface area contributed by atoms with E-state index >= 15 is 0 Å². The van der Waals surface area contributed by atoms with E-state index in [9.17, 15) is 18.0 Å². The Hall–Kier alpha value is -0.780. The molecule has 0 amide bonds. The number of nitrogens with one attached hydrogen (secondary N) is 1. The van der Waals surface area contributed by atoms with E-state index in [0.29, 0.717) is 12.3 Å². The minimum atomic E-state index is -4.33. The maximum Gasteiger partial charge on any atom is 0.401 e. The van der Waals surface area contributed by atoms with Crippen molar-refractivity contribution in [3.8, 4) is 0 Å². The summed E-state index contributed by atoms with van der Waals surface area (Å²) < 4.78 is 41.6. The number of hydrogen-bond donors (Lipinski definition) is 1. The highest BCUT2D eigenvalue weighted by atomic mass is 19.4. The molecule has 0 saturated heterocycles. The van der Waals surface area contributed by atoms with Gasteiger partial charge in [-0.1, -0.05) is 19.3 Å². The van der Waals surface area contributed by atoms with Crippen LogP contribution >= 0.6 is 0 Å². The Morgan fingerprint density at radius 1 is 1.39 bits per heavy atom. The number of rotatable bonds is 6. The van der Waals surface area contributed by atoms with Gasteiger partial charge >= 0.3 is 12.1 Å². The van der Waals surface area contributed by atoms with Crippen LogP contribution in [0.2, 0.25) is 0 Å². The number of carbonyl (C=O) groups is 1. The number of alkyl halides is 3. The normalized spacial score (nSPS) is 20.1. The van der Waals surface area contributed by atoms with E-state index in [0.717, 1.165) is 19.3 Å². The van der Waals surface area contributed by atoms with Crippen molar-refractivity contribution in [2.24, 2.45) is 5.92 Å². The molecule has 1 aliphatic rings. The van der Waals surface area contributed by atoms with Crippen molar-refractivity contribution in [3.05, 3.63) is 0 Å². The van der Waals surface area contributed by atoms with Gasteiger partial charge in [0, 0.05) is 0 Å². The lowest BCUT2D eigenvalue weighted by atomic mass is 9.76. The van der Waals surface area contributed by atoms with Gasteiger partial charge in [-0.3, -0.25) is 10.1 Å². The van der Waals surface area contributed by atoms with Crippen LogP contribution in [0.1, 0.15) is 39.5 Å². The van der Waals surface area contributed by atoms with Gasteiger partial charge in [-0.05, 0) is 26.2 Å². The maximum atomic E-state index is 12.3. The molecule has 1 saturated carbocycles. The fourth-order valence-corrected chi connectivity index (χ4v) is 2.09. The van der Waals surface area contributed by atoms with Crippen LogP contribution in [-0.2, 0) is 9.53 Å². The van der Waals surface area contributed by atoms with Crippen molar-refractivity contribution in [2.75, 3.05) is 13.2 Å². The van der Waals surface area contributed by atoms with Gasteiger partial charge in [-0.25, -0.2) is 0 Å². The number of ether oxygens (including phenoxy) is 1. The maximum absolute atomic E-state index is 12.3. The molecule has 0 aromatic rings. The first-order valence-electron chi connectivity index (χ1n) is 6.26. The SMILES string of the molecule is CCOC(=O)C(C)(CC1CCC1)NCC(F)(F)F. The van der Waals surface area contributed by atoms with Gasteiger partial charge in [-0.2, -0.15) is 13.2 Å². The lowest BCUT2D eigenvalue weighted by Crippen LogP contribution is -2.54. The number of halogens is 3. The van der Waals surface area contributed by atoms with E-state index in [4.69, 9.17) is 4.74 Å². The van der Waals surface area contributed by atoms with Crippen molar-refractivity contribution >= 4 is 5.97 Å². The average molecular weight is 267 g/mol. The third kappa shape index (κ3) is 4.48. The highest BCUT2D eigenvalue weighted by Crippen LogP contribution is 2.34. The molecular formula is C12H20F3NO2. The number of carbonyl (C=O) groups excluding carboxylic acids is 1. The third-order valence-corrected chi connectivity index (χ3v) is 3.33. The van der Waals surface area contributed by atoms with Crippen molar-refractivity contribution in [2.45, 2.75) is 51.2 Å². The molecular weight excluding hydrogens is 247 g/mol. The summed E-state index contributed by atoms with van der Waals surface area (Å²) in [7, 11) is 0. The molecule has 3 nitrogen and oxygen atoms in total. The first-order chi connectivity index (χ1) is 8.27. The van der Waals surface area contributed by atoms with Gasteiger partial charge in [-0.15, -0.1) is 0 Å². The van der Waals surface area contributed by atoms with Crippen molar-refractivity contribution in [3.63, 3.8) is 0 Å². The van der Waals surface area contributed by atoms with Crippen LogP contribution in [0.3, 0.4) is 0 Å². The van der Waals surface area contributed by atoms with Gasteiger partial charge in [0.2, 0.25) is 0 Å². The Labute approximate surface area is 105 Å². The molecule has 6 heteroatoms. The summed E-state index contributed by atoms with van der Waals surface area (Å²) in [5, 5.41) is 2.32. The molecule has 18 heavy (non-hydrogen) atoms. The lowest BCUT2D eigenvalue weighted by Gasteiger charge is -2.36. The summed E-state index contributed by atoms with van der Waals surface area (Å²) in [6.45, 7) is 2.14. The Bertz CT molecular complexity index is 290. The first kappa shape index (κ1) is 15.3. The van der Waals surface area contributed by atoms with Crippen molar-refractivity contribution in [1.29, 1.82) is 0 Å². The van der Waals surface area contributed by atoms with Crippen LogP contribution in [0.4, 0.5) is 13.2 Å². The molecule has 1 aliphatic carbocycles. The number of esters is 1. The third-order valence-electron chi connectivity index (χ3n) is 3.33. The summed E-state index contributed by atoms with van der Waals surface area (Å²) in [5.41, 5.74) is -1.24. The van der Waals surface area contributed by atoms with Gasteiger partial charge in [0.15, 0.2) is 0 Å². The molecule has 0 radical (unpaired) electrons. The molecule has 1 atom stereocenters. The van der Waals surface area contributed by atoms with Gasteiger partial charge in [0.05, 0.1) is 13.2 Å². The molecule has 0 aromatic carbocycles. The molecule has 0 aliphatic heterocycles.